The molecule has 0 spiro atoms. The summed E-state index contributed by atoms with van der Waals surface area (Å²) in [5, 5.41) is 2.95. The van der Waals surface area contributed by atoms with Gasteiger partial charge in [0.05, 0.1) is 6.54 Å². The lowest BCUT2D eigenvalue weighted by Crippen LogP contribution is -2.69. The quantitative estimate of drug-likeness (QED) is 0.869. The van der Waals surface area contributed by atoms with Crippen molar-refractivity contribution in [3.05, 3.63) is 35.4 Å². The van der Waals surface area contributed by atoms with E-state index in [9.17, 15) is 14.4 Å². The molecule has 28 heavy (non-hydrogen) atoms. The molecule has 6 nitrogen and oxygen atoms in total. The Morgan fingerprint density at radius 2 is 1.93 bits per heavy atom. The van der Waals surface area contributed by atoms with Crippen molar-refractivity contribution in [1.82, 2.24) is 15.1 Å². The van der Waals surface area contributed by atoms with E-state index in [1.54, 1.807) is 15.9 Å². The molecule has 3 fully saturated rings. The van der Waals surface area contributed by atoms with Gasteiger partial charge in [0, 0.05) is 18.7 Å². The summed E-state index contributed by atoms with van der Waals surface area (Å²) >= 11 is 0. The predicted molar refractivity (Wildman–Crippen MR) is 106 cm³/mol. The molecule has 1 aliphatic carbocycles. The van der Waals surface area contributed by atoms with Gasteiger partial charge in [-0.15, -0.1) is 0 Å². The van der Waals surface area contributed by atoms with E-state index in [-0.39, 0.29) is 24.3 Å². The summed E-state index contributed by atoms with van der Waals surface area (Å²) in [6.07, 6.45) is 6.79. The molecule has 0 unspecified atom stereocenters. The van der Waals surface area contributed by atoms with Gasteiger partial charge in [-0.1, -0.05) is 49.8 Å². The Morgan fingerprint density at radius 1 is 1.14 bits per heavy atom. The lowest BCUT2D eigenvalue weighted by Gasteiger charge is -2.45. The van der Waals surface area contributed by atoms with E-state index in [2.05, 4.69) is 5.32 Å². The minimum Gasteiger partial charge on any atom is -0.342 e. The Morgan fingerprint density at radius 3 is 2.68 bits per heavy atom. The van der Waals surface area contributed by atoms with Crippen molar-refractivity contribution >= 4 is 17.7 Å². The van der Waals surface area contributed by atoms with Gasteiger partial charge in [0.1, 0.15) is 12.1 Å². The lowest BCUT2D eigenvalue weighted by molar-refractivity contribution is -0.152. The van der Waals surface area contributed by atoms with Crippen molar-refractivity contribution in [1.29, 1.82) is 0 Å². The molecule has 2 heterocycles. The highest BCUT2D eigenvalue weighted by molar-refractivity contribution is 5.99. The van der Waals surface area contributed by atoms with Crippen molar-refractivity contribution in [3.8, 4) is 0 Å². The number of hydrogen-bond donors (Lipinski definition) is 1. The molecule has 1 saturated carbocycles. The Bertz CT molecular complexity index is 772. The van der Waals surface area contributed by atoms with E-state index >= 15 is 0 Å². The van der Waals surface area contributed by atoms with Crippen molar-refractivity contribution in [2.24, 2.45) is 5.92 Å². The topological polar surface area (TPSA) is 69.7 Å². The van der Waals surface area contributed by atoms with Gasteiger partial charge in [-0.25, -0.2) is 0 Å². The average molecular weight is 383 g/mol. The minimum atomic E-state index is -0.572. The number of benzene rings is 1. The maximum atomic E-state index is 13.0. The Kier molecular flexibility index (Phi) is 5.38. The number of rotatable bonds is 3. The smallest absolute Gasteiger partial charge is 0.254 e. The van der Waals surface area contributed by atoms with Crippen molar-refractivity contribution in [3.63, 3.8) is 0 Å². The van der Waals surface area contributed by atoms with E-state index in [4.69, 9.17) is 0 Å². The number of hydrogen-bond acceptors (Lipinski definition) is 3. The molecule has 0 radical (unpaired) electrons. The summed E-state index contributed by atoms with van der Waals surface area (Å²) < 4.78 is 0. The summed E-state index contributed by atoms with van der Waals surface area (Å²) in [5.41, 5.74) is 1.66. The van der Waals surface area contributed by atoms with Crippen LogP contribution in [0.1, 0.15) is 54.4 Å². The third-order valence-corrected chi connectivity index (χ3v) is 6.43. The Labute approximate surface area is 166 Å². The second kappa shape index (κ2) is 7.94. The van der Waals surface area contributed by atoms with Crippen LogP contribution in [0.25, 0.3) is 0 Å². The highest BCUT2D eigenvalue weighted by Gasteiger charge is 2.44. The first kappa shape index (κ1) is 19.0. The van der Waals surface area contributed by atoms with Crippen molar-refractivity contribution < 1.29 is 14.4 Å². The molecular weight excluding hydrogens is 354 g/mol. The van der Waals surface area contributed by atoms with Crippen LogP contribution >= 0.6 is 0 Å². The van der Waals surface area contributed by atoms with E-state index in [0.29, 0.717) is 24.6 Å². The van der Waals surface area contributed by atoms with Gasteiger partial charge < -0.3 is 15.1 Å². The van der Waals surface area contributed by atoms with E-state index < -0.39 is 12.1 Å². The van der Waals surface area contributed by atoms with Gasteiger partial charge in [-0.3, -0.25) is 14.4 Å². The zero-order valence-electron chi connectivity index (χ0n) is 16.5. The molecule has 1 aromatic carbocycles. The molecule has 3 aliphatic rings. The Hall–Kier alpha value is -2.37. The molecule has 0 aromatic heterocycles. The number of carbonyl (C=O) groups excluding carboxylic acids is 3. The lowest BCUT2D eigenvalue weighted by atomic mass is 9.84. The van der Waals surface area contributed by atoms with Gasteiger partial charge in [0.2, 0.25) is 11.8 Å². The molecular formula is C22H29N3O3. The molecule has 6 heteroatoms. The summed E-state index contributed by atoms with van der Waals surface area (Å²) in [6, 6.07) is 6.51. The fraction of sp³-hybridized carbons (Fsp3) is 0.591. The van der Waals surface area contributed by atoms with Crippen LogP contribution in [0.5, 0.6) is 0 Å². The summed E-state index contributed by atoms with van der Waals surface area (Å²) in [6.45, 7) is 3.11. The first-order chi connectivity index (χ1) is 13.5. The van der Waals surface area contributed by atoms with E-state index in [1.165, 1.54) is 19.3 Å². The fourth-order valence-electron chi connectivity index (χ4n) is 4.86. The second-order valence-electron chi connectivity index (χ2n) is 8.47. The number of aryl methyl sites for hydroxylation is 1. The maximum Gasteiger partial charge on any atom is 0.254 e. The fourth-order valence-corrected chi connectivity index (χ4v) is 4.86. The highest BCUT2D eigenvalue weighted by atomic mass is 16.2. The zero-order valence-corrected chi connectivity index (χ0v) is 16.5. The first-order valence-electron chi connectivity index (χ1n) is 10.5. The largest absolute Gasteiger partial charge is 0.342 e. The van der Waals surface area contributed by atoms with Gasteiger partial charge in [0.15, 0.2) is 0 Å². The highest BCUT2D eigenvalue weighted by Crippen LogP contribution is 2.29. The van der Waals surface area contributed by atoms with Gasteiger partial charge in [0.25, 0.3) is 5.91 Å². The minimum absolute atomic E-state index is 0.0258. The van der Waals surface area contributed by atoms with Crippen LogP contribution in [0.2, 0.25) is 0 Å². The molecule has 1 N–H and O–H groups in total. The Balaban J connectivity index is 1.42. The zero-order chi connectivity index (χ0) is 19.7. The summed E-state index contributed by atoms with van der Waals surface area (Å²) in [4.78, 5) is 42.0. The van der Waals surface area contributed by atoms with Crippen molar-refractivity contribution in [2.45, 2.75) is 57.5 Å². The third-order valence-electron chi connectivity index (χ3n) is 6.43. The molecule has 1 aromatic rings. The van der Waals surface area contributed by atoms with Crippen LogP contribution < -0.4 is 5.32 Å². The van der Waals surface area contributed by atoms with Crippen LogP contribution in [0.4, 0.5) is 0 Å². The molecule has 150 valence electrons. The van der Waals surface area contributed by atoms with Crippen LogP contribution in [-0.2, 0) is 9.59 Å². The number of nitrogens with zero attached hydrogens (tertiary/aromatic N) is 2. The van der Waals surface area contributed by atoms with Gasteiger partial charge in [-0.05, 0) is 31.4 Å². The summed E-state index contributed by atoms with van der Waals surface area (Å²) in [7, 11) is 0. The SMILES string of the molecule is Cc1cccc(C(=O)N2CCN3C(=O)[C@H](CC4CCCCC4)NC(=O)[C@H]3C2)c1. The number of fused-ring (bicyclic) bond motifs is 1. The normalized spacial score (nSPS) is 26.0. The third kappa shape index (κ3) is 3.77. The van der Waals surface area contributed by atoms with Crippen LogP contribution in [0, 0.1) is 12.8 Å². The number of piperazine rings is 2. The summed E-state index contributed by atoms with van der Waals surface area (Å²) in [5.74, 6) is 0.358. The number of nitrogens with one attached hydrogen (secondary N) is 1. The molecule has 2 atom stereocenters. The monoisotopic (exact) mass is 383 g/mol. The van der Waals surface area contributed by atoms with Crippen LogP contribution in [0.15, 0.2) is 24.3 Å². The number of carbonyl (C=O) groups is 3. The van der Waals surface area contributed by atoms with Crippen molar-refractivity contribution in [2.75, 3.05) is 19.6 Å². The molecule has 2 saturated heterocycles. The van der Waals surface area contributed by atoms with Gasteiger partial charge in [-0.2, -0.15) is 0 Å². The van der Waals surface area contributed by atoms with Crippen LogP contribution in [-0.4, -0.2) is 59.2 Å². The average Bonchev–Trinajstić information content (AvgIpc) is 2.71. The van der Waals surface area contributed by atoms with E-state index in [0.717, 1.165) is 24.8 Å². The maximum absolute atomic E-state index is 13.0. The van der Waals surface area contributed by atoms with Crippen LogP contribution in [0.3, 0.4) is 0 Å². The molecule has 3 amide bonds. The molecule has 0 bridgehead atoms. The standard InChI is InChI=1S/C22H29N3O3/c1-15-6-5-9-17(12-15)21(27)24-10-11-25-19(14-24)20(26)23-18(22(25)28)13-16-7-3-2-4-8-16/h5-6,9,12,16,18-19H,2-4,7-8,10-11,13-14H2,1H3,(H,23,26)/t18-,19+/m0/s1. The number of amides is 3. The predicted octanol–water partition coefficient (Wildman–Crippen LogP) is 2.12. The van der Waals surface area contributed by atoms with E-state index in [1.807, 2.05) is 25.1 Å². The second-order valence-corrected chi connectivity index (χ2v) is 8.47. The first-order valence-corrected chi connectivity index (χ1v) is 10.5. The molecule has 4 rings (SSSR count). The molecule has 2 aliphatic heterocycles. The van der Waals surface area contributed by atoms with Gasteiger partial charge >= 0.3 is 0 Å².